The highest BCUT2D eigenvalue weighted by molar-refractivity contribution is 6.38. The van der Waals surface area contributed by atoms with E-state index in [9.17, 15) is 28.8 Å². The van der Waals surface area contributed by atoms with Crippen LogP contribution in [-0.4, -0.2) is 89.8 Å². The average Bonchev–Trinajstić information content (AvgIpc) is 3.52. The van der Waals surface area contributed by atoms with Gasteiger partial charge in [-0.2, -0.15) is 0 Å². The molecular weight excluding hydrogens is 666 g/mol. The minimum absolute atomic E-state index is 0.0880. The summed E-state index contributed by atoms with van der Waals surface area (Å²) in [5.41, 5.74) is 1.62. The largest absolute Gasteiger partial charge is 0.384 e. The van der Waals surface area contributed by atoms with Crippen molar-refractivity contribution in [3.8, 4) is 0 Å². The van der Waals surface area contributed by atoms with E-state index in [0.29, 0.717) is 19.4 Å². The molecule has 14 nitrogen and oxygen atoms in total. The highest BCUT2D eigenvalue weighted by Gasteiger charge is 2.51. The third kappa shape index (κ3) is 10.6. The van der Waals surface area contributed by atoms with Crippen molar-refractivity contribution in [2.45, 2.75) is 149 Å². The number of fused-ring (bicyclic) bond motifs is 1. The fourth-order valence-electron chi connectivity index (χ4n) is 7.94. The third-order valence-electron chi connectivity index (χ3n) is 10.7. The van der Waals surface area contributed by atoms with Gasteiger partial charge in [-0.05, 0) is 61.7 Å². The predicted octanol–water partition coefficient (Wildman–Crippen LogP) is 2.82. The second kappa shape index (κ2) is 18.8. The summed E-state index contributed by atoms with van der Waals surface area (Å²) in [5.74, 6) is -3.40. The molecule has 0 aromatic carbocycles. The van der Waals surface area contributed by atoms with Crippen molar-refractivity contribution in [3.05, 3.63) is 11.9 Å². The van der Waals surface area contributed by atoms with E-state index in [1.165, 1.54) is 6.20 Å². The number of nitrogens with zero attached hydrogens (tertiary/aromatic N) is 2. The van der Waals surface area contributed by atoms with Crippen LogP contribution in [-0.2, 0) is 33.6 Å². The Kier molecular flexibility index (Phi) is 14.8. The molecule has 6 atom stereocenters. The SMILES string of the molecule is CCC[C@H](NC(=O)[C@@H]1C[C@@H]2CCCC[C@@H]2N1C(=O)[C@@H](NC(=O)[C@@H](NC(=O)C1=CNCC=N1)C1CCCCC1)C(C)(C)C)C(=O)C(=O)NOCC(C)C. The van der Waals surface area contributed by atoms with Gasteiger partial charge in [-0.1, -0.05) is 80.1 Å². The van der Waals surface area contributed by atoms with Crippen LogP contribution < -0.4 is 26.7 Å². The highest BCUT2D eigenvalue weighted by atomic mass is 16.7. The van der Waals surface area contributed by atoms with Crippen molar-refractivity contribution >= 4 is 41.5 Å². The molecule has 2 aliphatic heterocycles. The Labute approximate surface area is 308 Å². The summed E-state index contributed by atoms with van der Waals surface area (Å²) in [6, 6.07) is -4.06. The topological polar surface area (TPSA) is 187 Å². The van der Waals surface area contributed by atoms with E-state index < -0.39 is 59.0 Å². The second-order valence-corrected chi connectivity index (χ2v) is 16.4. The van der Waals surface area contributed by atoms with Gasteiger partial charge in [0.15, 0.2) is 0 Å². The van der Waals surface area contributed by atoms with Crippen LogP contribution in [0.3, 0.4) is 0 Å². The maximum absolute atomic E-state index is 14.9. The van der Waals surface area contributed by atoms with E-state index in [1.54, 1.807) is 11.1 Å². The monoisotopic (exact) mass is 727 g/mol. The summed E-state index contributed by atoms with van der Waals surface area (Å²) in [6.07, 6.45) is 12.3. The van der Waals surface area contributed by atoms with Gasteiger partial charge in [-0.25, -0.2) is 5.48 Å². The number of carbonyl (C=O) groups excluding carboxylic acids is 6. The molecule has 2 aliphatic carbocycles. The lowest BCUT2D eigenvalue weighted by Crippen LogP contribution is -2.63. The van der Waals surface area contributed by atoms with Gasteiger partial charge >= 0.3 is 5.91 Å². The molecule has 0 aromatic heterocycles. The number of ketones is 1. The Morgan fingerprint density at radius 3 is 2.29 bits per heavy atom. The normalized spacial score (nSPS) is 23.7. The number of nitrogens with one attached hydrogen (secondary N) is 5. The number of carbonyl (C=O) groups is 6. The molecule has 2 heterocycles. The first-order chi connectivity index (χ1) is 24.7. The summed E-state index contributed by atoms with van der Waals surface area (Å²) < 4.78 is 0. The van der Waals surface area contributed by atoms with Crippen molar-refractivity contribution in [1.29, 1.82) is 0 Å². The Morgan fingerprint density at radius 2 is 1.65 bits per heavy atom. The first-order valence-corrected chi connectivity index (χ1v) is 19.4. The van der Waals surface area contributed by atoms with Gasteiger partial charge in [0, 0.05) is 25.0 Å². The number of aliphatic imine (C=N–C) groups is 1. The van der Waals surface area contributed by atoms with Crippen molar-refractivity contribution in [2.24, 2.45) is 28.2 Å². The highest BCUT2D eigenvalue weighted by Crippen LogP contribution is 2.41. The van der Waals surface area contributed by atoms with Gasteiger partial charge in [0.25, 0.3) is 5.91 Å². The number of hydroxylamine groups is 1. The minimum atomic E-state index is -1.09. The zero-order valence-electron chi connectivity index (χ0n) is 31.9. The molecule has 290 valence electrons. The van der Waals surface area contributed by atoms with Gasteiger partial charge in [0.1, 0.15) is 23.8 Å². The average molecular weight is 728 g/mol. The molecule has 0 unspecified atom stereocenters. The Hall–Kier alpha value is -3.81. The van der Waals surface area contributed by atoms with Crippen LogP contribution in [0.15, 0.2) is 16.9 Å². The number of amides is 5. The number of hydrogen-bond donors (Lipinski definition) is 5. The van der Waals surface area contributed by atoms with Crippen molar-refractivity contribution in [1.82, 2.24) is 31.6 Å². The summed E-state index contributed by atoms with van der Waals surface area (Å²) in [7, 11) is 0. The smallest absolute Gasteiger partial charge is 0.313 e. The van der Waals surface area contributed by atoms with Gasteiger partial charge in [0.05, 0.1) is 12.6 Å². The van der Waals surface area contributed by atoms with Gasteiger partial charge in [-0.3, -0.25) is 38.6 Å². The fraction of sp³-hybridized carbons (Fsp3) is 0.763. The molecule has 0 radical (unpaired) electrons. The first-order valence-electron chi connectivity index (χ1n) is 19.4. The van der Waals surface area contributed by atoms with Crippen LogP contribution in [0.1, 0.15) is 119 Å². The number of hydrogen-bond acceptors (Lipinski definition) is 9. The minimum Gasteiger partial charge on any atom is -0.384 e. The molecular formula is C38H61N7O7. The van der Waals surface area contributed by atoms with Crippen LogP contribution in [0, 0.1) is 23.2 Å². The molecule has 52 heavy (non-hydrogen) atoms. The second-order valence-electron chi connectivity index (χ2n) is 16.4. The van der Waals surface area contributed by atoms with E-state index >= 15 is 0 Å². The molecule has 1 saturated heterocycles. The van der Waals surface area contributed by atoms with Crippen LogP contribution in [0.25, 0.3) is 0 Å². The quantitative estimate of drug-likeness (QED) is 0.126. The molecule has 5 N–H and O–H groups in total. The fourth-order valence-corrected chi connectivity index (χ4v) is 7.94. The van der Waals surface area contributed by atoms with E-state index in [1.807, 2.05) is 41.5 Å². The van der Waals surface area contributed by atoms with E-state index in [-0.39, 0.29) is 48.4 Å². The Bertz CT molecular complexity index is 1370. The van der Waals surface area contributed by atoms with Crippen LogP contribution in [0.2, 0.25) is 0 Å². The van der Waals surface area contributed by atoms with Crippen LogP contribution in [0.4, 0.5) is 0 Å². The first kappa shape index (κ1) is 41.0. The maximum Gasteiger partial charge on any atom is 0.313 e. The lowest BCUT2D eigenvalue weighted by molar-refractivity contribution is -0.149. The lowest BCUT2D eigenvalue weighted by atomic mass is 9.81. The summed E-state index contributed by atoms with van der Waals surface area (Å²) >= 11 is 0. The molecule has 4 aliphatic rings. The van der Waals surface area contributed by atoms with E-state index in [0.717, 1.165) is 57.8 Å². The summed E-state index contributed by atoms with van der Waals surface area (Å²) in [5, 5.41) is 11.8. The van der Waals surface area contributed by atoms with Crippen LogP contribution >= 0.6 is 0 Å². The van der Waals surface area contributed by atoms with Crippen molar-refractivity contribution in [3.63, 3.8) is 0 Å². The maximum atomic E-state index is 14.9. The van der Waals surface area contributed by atoms with Gasteiger partial charge < -0.3 is 26.2 Å². The van der Waals surface area contributed by atoms with Crippen LogP contribution in [0.5, 0.6) is 0 Å². The number of Topliss-reactive ketones (excluding diaryl/α,β-unsaturated/α-hetero) is 1. The number of rotatable bonds is 15. The van der Waals surface area contributed by atoms with Crippen molar-refractivity contribution in [2.75, 3.05) is 13.2 Å². The summed E-state index contributed by atoms with van der Waals surface area (Å²) in [4.78, 5) is 93.4. The van der Waals surface area contributed by atoms with Gasteiger partial charge in [0.2, 0.25) is 23.5 Å². The third-order valence-corrected chi connectivity index (χ3v) is 10.7. The lowest BCUT2D eigenvalue weighted by Gasteiger charge is -2.40. The Morgan fingerprint density at radius 1 is 0.962 bits per heavy atom. The van der Waals surface area contributed by atoms with Gasteiger partial charge in [-0.15, -0.1) is 0 Å². The molecule has 14 heteroatoms. The zero-order chi connectivity index (χ0) is 38.0. The molecule has 0 aromatic rings. The molecule has 3 fully saturated rings. The molecule has 2 saturated carbocycles. The molecule has 4 rings (SSSR count). The standard InChI is InChI=1S/C38H61N7O7/c1-7-13-26(31(46)36(50)44-52-22-23(2)3)41-34(48)29-20-25-16-11-12-17-28(25)45(29)37(51)32(38(4,5)6)43-35(49)30(24-14-9-8-10-15-24)42-33(47)27-21-39-18-19-40-27/h19,21,23-26,28-30,32,39H,7-18,20,22H2,1-6H3,(H,41,48)(H,42,47)(H,43,49)(H,44,50)/t25-,26-,28-,29-,30-,32+/m0/s1. The van der Waals surface area contributed by atoms with Crippen molar-refractivity contribution < 1.29 is 33.6 Å². The Balaban J connectivity index is 1.57. The molecule has 0 bridgehead atoms. The number of likely N-dealkylation sites (tertiary alicyclic amines) is 1. The molecule has 0 spiro atoms. The zero-order valence-corrected chi connectivity index (χ0v) is 31.9. The van der Waals surface area contributed by atoms with E-state index in [2.05, 4.69) is 31.7 Å². The molecule has 5 amide bonds. The summed E-state index contributed by atoms with van der Waals surface area (Å²) in [6.45, 7) is 12.0. The van der Waals surface area contributed by atoms with E-state index in [4.69, 9.17) is 4.84 Å². The predicted molar refractivity (Wildman–Crippen MR) is 196 cm³/mol.